The lowest BCUT2D eigenvalue weighted by molar-refractivity contribution is -0.873. The Morgan fingerprint density at radius 1 is 1.00 bits per heavy atom. The Balaban J connectivity index is 0.00000171. The van der Waals surface area contributed by atoms with Crippen molar-refractivity contribution in [1.82, 2.24) is 0 Å². The molecular weight excluding hydrogens is 612 g/mol. The van der Waals surface area contributed by atoms with Gasteiger partial charge in [-0.2, -0.15) is 4.57 Å². The summed E-state index contributed by atoms with van der Waals surface area (Å²) in [5.74, 6) is 1.77. The molecule has 0 saturated carbocycles. The zero-order valence-electron chi connectivity index (χ0n) is 18.9. The molecule has 0 bridgehead atoms. The summed E-state index contributed by atoms with van der Waals surface area (Å²) in [6, 6.07) is 19.1. The summed E-state index contributed by atoms with van der Waals surface area (Å²) in [4.78, 5) is 2.11. The molecule has 1 aromatic heterocycles. The number of rotatable bonds is 5. The molecular formula is C25H31I2N3O. The number of anilines is 1. The number of aromatic nitrogens is 1. The molecule has 6 heteroatoms. The van der Waals surface area contributed by atoms with Gasteiger partial charge in [-0.1, -0.05) is 24.3 Å². The summed E-state index contributed by atoms with van der Waals surface area (Å²) >= 11 is 0. The summed E-state index contributed by atoms with van der Waals surface area (Å²) in [5.41, 5.74) is 4.84. The Bertz CT molecular complexity index is 1090. The molecule has 2 aromatic carbocycles. The predicted octanol–water partition coefficient (Wildman–Crippen LogP) is -1.63. The molecule has 1 aliphatic rings. The molecule has 4 rings (SSSR count). The van der Waals surface area contributed by atoms with Crippen LogP contribution in [0.15, 0.2) is 60.5 Å². The van der Waals surface area contributed by atoms with Gasteiger partial charge in [-0.05, 0) is 23.8 Å². The third-order valence-electron chi connectivity index (χ3n) is 5.56. The van der Waals surface area contributed by atoms with Gasteiger partial charge in [-0.3, -0.25) is 0 Å². The summed E-state index contributed by atoms with van der Waals surface area (Å²) in [5, 5.41) is 1.25. The van der Waals surface area contributed by atoms with Crippen molar-refractivity contribution >= 4 is 22.7 Å². The van der Waals surface area contributed by atoms with Crippen molar-refractivity contribution in [3.8, 4) is 5.75 Å². The molecule has 0 fully saturated rings. The number of benzene rings is 2. The van der Waals surface area contributed by atoms with E-state index >= 15 is 0 Å². The molecule has 0 aliphatic carbocycles. The monoisotopic (exact) mass is 643 g/mol. The van der Waals surface area contributed by atoms with Crippen LogP contribution in [-0.2, 0) is 6.54 Å². The third-order valence-corrected chi connectivity index (χ3v) is 5.56. The van der Waals surface area contributed by atoms with Crippen molar-refractivity contribution < 1.29 is 61.7 Å². The number of quaternary nitrogens is 1. The number of para-hydroxylation sites is 3. The number of pyridine rings is 1. The van der Waals surface area contributed by atoms with Crippen LogP contribution in [0.5, 0.6) is 5.75 Å². The summed E-state index contributed by atoms with van der Waals surface area (Å²) in [6.07, 6.45) is 3.31. The van der Waals surface area contributed by atoms with Crippen molar-refractivity contribution in [2.24, 2.45) is 0 Å². The lowest BCUT2D eigenvalue weighted by Crippen LogP contribution is -3.00. The van der Waals surface area contributed by atoms with Crippen LogP contribution in [0.25, 0.3) is 17.0 Å². The fraction of sp³-hybridized carbons (Fsp3) is 0.320. The number of hydrogen-bond donors (Lipinski definition) is 0. The summed E-state index contributed by atoms with van der Waals surface area (Å²) in [7, 11) is 8.81. The standard InChI is InChI=1S/C25H31N3O.2HI/c1-19-17-20(18-25-26(2)23-13-8-9-14-24(23)29-25)21-11-6-7-12-22(21)27(19)15-10-16-28(3,4)5;;/h6-9,11-14,17-18H,10,15-16H2,1-5H3;2*1H/q+2;;/p-2. The molecule has 1 aliphatic heterocycles. The average Bonchev–Trinajstić information content (AvgIpc) is 2.99. The highest BCUT2D eigenvalue weighted by atomic mass is 127. The van der Waals surface area contributed by atoms with E-state index < -0.39 is 0 Å². The van der Waals surface area contributed by atoms with Gasteiger partial charge in [-0.15, -0.1) is 0 Å². The molecule has 0 radical (unpaired) electrons. The van der Waals surface area contributed by atoms with Gasteiger partial charge in [0.25, 0.3) is 0 Å². The average molecular weight is 643 g/mol. The van der Waals surface area contributed by atoms with E-state index in [9.17, 15) is 0 Å². The van der Waals surface area contributed by atoms with Crippen molar-refractivity contribution in [2.75, 3.05) is 39.6 Å². The maximum absolute atomic E-state index is 6.12. The highest BCUT2D eigenvalue weighted by Gasteiger charge is 2.24. The minimum absolute atomic E-state index is 0. The summed E-state index contributed by atoms with van der Waals surface area (Å²) < 4.78 is 9.56. The summed E-state index contributed by atoms with van der Waals surface area (Å²) in [6.45, 7) is 4.39. The molecule has 0 spiro atoms. The van der Waals surface area contributed by atoms with E-state index in [1.165, 1.54) is 22.2 Å². The molecule has 0 atom stereocenters. The maximum Gasteiger partial charge on any atom is 0.213 e. The normalized spacial score (nSPS) is 14.1. The van der Waals surface area contributed by atoms with E-state index in [-0.39, 0.29) is 48.0 Å². The van der Waals surface area contributed by atoms with E-state index in [0.717, 1.165) is 41.3 Å². The molecule has 0 amide bonds. The van der Waals surface area contributed by atoms with Crippen molar-refractivity contribution in [3.05, 3.63) is 71.7 Å². The highest BCUT2D eigenvalue weighted by Crippen LogP contribution is 2.38. The maximum atomic E-state index is 6.12. The van der Waals surface area contributed by atoms with Crippen LogP contribution in [-0.4, -0.2) is 39.2 Å². The Morgan fingerprint density at radius 3 is 2.39 bits per heavy atom. The minimum Gasteiger partial charge on any atom is -1.00 e. The first-order valence-electron chi connectivity index (χ1n) is 10.3. The third kappa shape index (κ3) is 5.70. The number of halogens is 2. The molecule has 3 aromatic rings. The van der Waals surface area contributed by atoms with Crippen molar-refractivity contribution in [1.29, 1.82) is 0 Å². The van der Waals surface area contributed by atoms with E-state index in [0.29, 0.717) is 0 Å². The number of aryl methyl sites for hydroxylation is 2. The zero-order valence-corrected chi connectivity index (χ0v) is 23.2. The molecule has 2 heterocycles. The molecule has 4 nitrogen and oxygen atoms in total. The van der Waals surface area contributed by atoms with Crippen LogP contribution in [0, 0.1) is 6.92 Å². The Hall–Kier alpha value is -1.39. The van der Waals surface area contributed by atoms with Gasteiger partial charge in [0, 0.05) is 32.2 Å². The van der Waals surface area contributed by atoms with Gasteiger partial charge in [0.1, 0.15) is 0 Å². The van der Waals surface area contributed by atoms with Crippen LogP contribution in [0.1, 0.15) is 17.7 Å². The molecule has 166 valence electrons. The first-order valence-corrected chi connectivity index (χ1v) is 10.3. The lowest BCUT2D eigenvalue weighted by Gasteiger charge is -2.23. The van der Waals surface area contributed by atoms with Crippen LogP contribution >= 0.6 is 0 Å². The fourth-order valence-electron chi connectivity index (χ4n) is 4.02. The zero-order chi connectivity index (χ0) is 20.6. The van der Waals surface area contributed by atoms with Gasteiger partial charge < -0.3 is 62.1 Å². The van der Waals surface area contributed by atoms with E-state index in [1.54, 1.807) is 0 Å². The number of hydrogen-bond acceptors (Lipinski definition) is 2. The second kappa shape index (κ2) is 10.5. The van der Waals surface area contributed by atoms with Gasteiger partial charge >= 0.3 is 0 Å². The molecule has 0 unspecified atom stereocenters. The number of fused-ring (bicyclic) bond motifs is 2. The first kappa shape index (κ1) is 25.9. The largest absolute Gasteiger partial charge is 1.00 e. The molecule has 31 heavy (non-hydrogen) atoms. The van der Waals surface area contributed by atoms with Crippen LogP contribution in [0.2, 0.25) is 0 Å². The van der Waals surface area contributed by atoms with Gasteiger partial charge in [0.15, 0.2) is 18.0 Å². The van der Waals surface area contributed by atoms with Crippen molar-refractivity contribution in [2.45, 2.75) is 19.9 Å². The van der Waals surface area contributed by atoms with Gasteiger partial charge in [0.05, 0.1) is 45.2 Å². The van der Waals surface area contributed by atoms with Crippen molar-refractivity contribution in [3.63, 3.8) is 0 Å². The molecule has 0 saturated heterocycles. The van der Waals surface area contributed by atoms with Gasteiger partial charge in [0.2, 0.25) is 11.4 Å². The van der Waals surface area contributed by atoms with Crippen LogP contribution < -0.4 is 62.2 Å². The minimum atomic E-state index is 0. The van der Waals surface area contributed by atoms with E-state index in [1.807, 2.05) is 18.2 Å². The topological polar surface area (TPSA) is 16.4 Å². The Morgan fingerprint density at radius 2 is 1.68 bits per heavy atom. The Labute approximate surface area is 220 Å². The van der Waals surface area contributed by atoms with Crippen LogP contribution in [0.3, 0.4) is 0 Å². The highest BCUT2D eigenvalue weighted by molar-refractivity contribution is 5.87. The predicted molar refractivity (Wildman–Crippen MR) is 120 cm³/mol. The quantitative estimate of drug-likeness (QED) is 0.189. The SMILES string of the molecule is Cc1cc(C=C2Oc3ccccc3N2C)c2ccccc2[n+]1CCC[N+](C)(C)C.[I-].[I-]. The molecule has 0 N–H and O–H groups in total. The first-order chi connectivity index (χ1) is 13.8. The van der Waals surface area contributed by atoms with E-state index in [2.05, 4.69) is 87.1 Å². The number of nitrogens with zero attached hydrogens (tertiary/aromatic N) is 3. The van der Waals surface area contributed by atoms with Crippen LogP contribution in [0.4, 0.5) is 5.69 Å². The second-order valence-electron chi connectivity index (χ2n) is 8.89. The fourth-order valence-corrected chi connectivity index (χ4v) is 4.02. The van der Waals surface area contributed by atoms with E-state index in [4.69, 9.17) is 4.74 Å². The smallest absolute Gasteiger partial charge is 0.213 e. The van der Waals surface area contributed by atoms with Gasteiger partial charge in [-0.25, -0.2) is 0 Å². The lowest BCUT2D eigenvalue weighted by atomic mass is 10.1. The number of ether oxygens (including phenoxy) is 1. The second-order valence-corrected chi connectivity index (χ2v) is 8.89. The Kier molecular flexibility index (Phi) is 8.75.